The van der Waals surface area contributed by atoms with Crippen LogP contribution in [0, 0.1) is 19.5 Å². The maximum absolute atomic E-state index is 13.4. The van der Waals surface area contributed by atoms with Crippen molar-refractivity contribution >= 4 is 48.0 Å². The van der Waals surface area contributed by atoms with Gasteiger partial charge in [0.2, 0.25) is 5.82 Å². The molecule has 5 nitrogen and oxygen atoms in total. The minimum Gasteiger partial charge on any atom is -0.258 e. The highest BCUT2D eigenvalue weighted by atomic mass is 127. The first-order chi connectivity index (χ1) is 6.75. The summed E-state index contributed by atoms with van der Waals surface area (Å²) in [5.41, 5.74) is -0.922. The molecule has 15 heavy (non-hydrogen) atoms. The zero-order valence-corrected chi connectivity index (χ0v) is 10.5. The predicted octanol–water partition coefficient (Wildman–Crippen LogP) is 2.27. The number of nitro benzene ring substituents is 1. The van der Waals surface area contributed by atoms with E-state index in [4.69, 9.17) is 10.7 Å². The van der Waals surface area contributed by atoms with E-state index in [0.29, 0.717) is 0 Å². The molecule has 1 rings (SSSR count). The number of hydrogen-bond donors (Lipinski definition) is 0. The Morgan fingerprint density at radius 3 is 2.40 bits per heavy atom. The van der Waals surface area contributed by atoms with E-state index in [0.717, 1.165) is 12.1 Å². The fourth-order valence-electron chi connectivity index (χ4n) is 0.887. The summed E-state index contributed by atoms with van der Waals surface area (Å²) in [6.45, 7) is 0. The fourth-order valence-corrected chi connectivity index (χ4v) is 3.64. The van der Waals surface area contributed by atoms with Gasteiger partial charge >= 0.3 is 5.69 Å². The van der Waals surface area contributed by atoms with Gasteiger partial charge in [-0.2, -0.15) is 4.39 Å². The lowest BCUT2D eigenvalue weighted by atomic mass is 10.3. The minimum absolute atomic E-state index is 0.00861. The Labute approximate surface area is 102 Å². The summed E-state index contributed by atoms with van der Waals surface area (Å²) >= 11 is 1.53. The molecule has 82 valence electrons. The first kappa shape index (κ1) is 12.6. The second-order valence-corrected chi connectivity index (χ2v) is 6.07. The number of benzene rings is 1. The van der Waals surface area contributed by atoms with E-state index in [2.05, 4.69) is 0 Å². The SMILES string of the molecule is O=[N+]([O-])c1ccc(I)c(S(=O)(=O)Cl)c1F. The van der Waals surface area contributed by atoms with Crippen molar-refractivity contribution in [3.63, 3.8) is 0 Å². The highest BCUT2D eigenvalue weighted by molar-refractivity contribution is 14.1. The molecule has 0 atom stereocenters. The Morgan fingerprint density at radius 2 is 2.00 bits per heavy atom. The number of hydrogen-bond acceptors (Lipinski definition) is 4. The quantitative estimate of drug-likeness (QED) is 0.349. The van der Waals surface area contributed by atoms with Gasteiger partial charge in [0, 0.05) is 20.3 Å². The van der Waals surface area contributed by atoms with Gasteiger partial charge in [0.05, 0.1) is 4.92 Å². The number of halogens is 3. The summed E-state index contributed by atoms with van der Waals surface area (Å²) in [7, 11) is 0.616. The van der Waals surface area contributed by atoms with E-state index in [1.54, 1.807) is 0 Å². The summed E-state index contributed by atoms with van der Waals surface area (Å²) in [4.78, 5) is 8.46. The van der Waals surface area contributed by atoms with Crippen LogP contribution in [0.15, 0.2) is 17.0 Å². The van der Waals surface area contributed by atoms with Crippen LogP contribution in [0.5, 0.6) is 0 Å². The summed E-state index contributed by atoms with van der Waals surface area (Å²) in [5, 5.41) is 10.3. The maximum atomic E-state index is 13.4. The smallest absolute Gasteiger partial charge is 0.258 e. The molecule has 1 aromatic carbocycles. The molecule has 0 N–H and O–H groups in total. The zero-order chi connectivity index (χ0) is 11.8. The number of rotatable bonds is 2. The molecule has 0 spiro atoms. The van der Waals surface area contributed by atoms with Crippen LogP contribution in [0.25, 0.3) is 0 Å². The Bertz CT molecular complexity index is 532. The third-order valence-electron chi connectivity index (χ3n) is 1.47. The summed E-state index contributed by atoms with van der Waals surface area (Å²) in [6.07, 6.45) is 0. The van der Waals surface area contributed by atoms with Crippen molar-refractivity contribution in [1.29, 1.82) is 0 Å². The van der Waals surface area contributed by atoms with Gasteiger partial charge in [-0.3, -0.25) is 10.1 Å². The molecule has 0 fully saturated rings. The Kier molecular flexibility index (Phi) is 3.51. The van der Waals surface area contributed by atoms with Crippen molar-refractivity contribution in [2.24, 2.45) is 0 Å². The molecule has 0 aliphatic carbocycles. The van der Waals surface area contributed by atoms with Crippen LogP contribution >= 0.6 is 33.3 Å². The van der Waals surface area contributed by atoms with E-state index < -0.39 is 30.4 Å². The highest BCUT2D eigenvalue weighted by Gasteiger charge is 2.27. The molecule has 0 amide bonds. The van der Waals surface area contributed by atoms with E-state index in [1.165, 1.54) is 22.6 Å². The van der Waals surface area contributed by atoms with Gasteiger partial charge in [-0.25, -0.2) is 8.42 Å². The lowest BCUT2D eigenvalue weighted by Crippen LogP contribution is -2.03. The molecule has 0 saturated heterocycles. The van der Waals surface area contributed by atoms with Gasteiger partial charge in [0.1, 0.15) is 4.90 Å². The number of nitrogens with zero attached hydrogens (tertiary/aromatic N) is 1. The number of nitro groups is 1. The van der Waals surface area contributed by atoms with Crippen molar-refractivity contribution in [2.75, 3.05) is 0 Å². The van der Waals surface area contributed by atoms with Gasteiger partial charge < -0.3 is 0 Å². The third kappa shape index (κ3) is 2.55. The molecular formula is C6H2ClFINO4S. The van der Waals surface area contributed by atoms with Gasteiger partial charge in [0.25, 0.3) is 9.05 Å². The third-order valence-corrected chi connectivity index (χ3v) is 4.08. The van der Waals surface area contributed by atoms with Gasteiger partial charge in [-0.05, 0) is 28.7 Å². The average molecular weight is 366 g/mol. The molecule has 0 bridgehead atoms. The summed E-state index contributed by atoms with van der Waals surface area (Å²) in [5.74, 6) is -1.44. The Hall–Kier alpha value is -0.480. The van der Waals surface area contributed by atoms with Crippen LogP contribution in [-0.2, 0) is 9.05 Å². The minimum atomic E-state index is -4.33. The molecule has 0 aliphatic heterocycles. The monoisotopic (exact) mass is 365 g/mol. The zero-order valence-electron chi connectivity index (χ0n) is 6.78. The van der Waals surface area contributed by atoms with E-state index in [1.807, 2.05) is 0 Å². The van der Waals surface area contributed by atoms with Crippen LogP contribution < -0.4 is 0 Å². The summed E-state index contributed by atoms with van der Waals surface area (Å²) in [6, 6.07) is 1.99. The molecule has 0 saturated carbocycles. The predicted molar refractivity (Wildman–Crippen MR) is 58.8 cm³/mol. The van der Waals surface area contributed by atoms with Gasteiger partial charge in [-0.15, -0.1) is 0 Å². The summed E-state index contributed by atoms with van der Waals surface area (Å²) < 4.78 is 35.3. The molecule has 0 heterocycles. The maximum Gasteiger partial charge on any atom is 0.306 e. The molecule has 0 radical (unpaired) electrons. The molecule has 0 aromatic heterocycles. The normalized spacial score (nSPS) is 11.4. The standard InChI is InChI=1S/C6H2ClFINO4S/c7-15(13,14)6-3(9)1-2-4(5(6)8)10(11)12/h1-2H. The Morgan fingerprint density at radius 1 is 1.47 bits per heavy atom. The van der Waals surface area contributed by atoms with Crippen LogP contribution in [0.3, 0.4) is 0 Å². The van der Waals surface area contributed by atoms with Crippen molar-refractivity contribution in [3.8, 4) is 0 Å². The molecule has 9 heteroatoms. The first-order valence-electron chi connectivity index (χ1n) is 3.32. The van der Waals surface area contributed by atoms with Gasteiger partial charge in [-0.1, -0.05) is 0 Å². The lowest BCUT2D eigenvalue weighted by Gasteiger charge is -2.02. The average Bonchev–Trinajstić information content (AvgIpc) is 2.00. The second kappa shape index (κ2) is 4.18. The highest BCUT2D eigenvalue weighted by Crippen LogP contribution is 2.30. The molecule has 0 unspecified atom stereocenters. The van der Waals surface area contributed by atoms with Crippen molar-refractivity contribution in [3.05, 3.63) is 31.6 Å². The Balaban J connectivity index is 3.66. The van der Waals surface area contributed by atoms with Crippen LogP contribution in [0.2, 0.25) is 0 Å². The van der Waals surface area contributed by atoms with Crippen LogP contribution in [0.1, 0.15) is 0 Å². The van der Waals surface area contributed by atoms with Crippen molar-refractivity contribution in [1.82, 2.24) is 0 Å². The topological polar surface area (TPSA) is 77.3 Å². The fraction of sp³-hybridized carbons (Fsp3) is 0. The van der Waals surface area contributed by atoms with E-state index >= 15 is 0 Å². The van der Waals surface area contributed by atoms with Gasteiger partial charge in [0.15, 0.2) is 0 Å². The first-order valence-corrected chi connectivity index (χ1v) is 6.71. The second-order valence-electron chi connectivity index (χ2n) is 2.40. The van der Waals surface area contributed by atoms with E-state index in [-0.39, 0.29) is 3.57 Å². The van der Waals surface area contributed by atoms with Crippen molar-refractivity contribution in [2.45, 2.75) is 4.90 Å². The lowest BCUT2D eigenvalue weighted by molar-refractivity contribution is -0.387. The molecule has 0 aliphatic rings. The van der Waals surface area contributed by atoms with Crippen molar-refractivity contribution < 1.29 is 17.7 Å². The van der Waals surface area contributed by atoms with Crippen LogP contribution in [0.4, 0.5) is 10.1 Å². The van der Waals surface area contributed by atoms with E-state index in [9.17, 15) is 22.9 Å². The largest absolute Gasteiger partial charge is 0.306 e. The molecule has 1 aromatic rings. The molecular weight excluding hydrogens is 363 g/mol. The van der Waals surface area contributed by atoms with Crippen LogP contribution in [-0.4, -0.2) is 13.3 Å².